The van der Waals surface area contributed by atoms with Gasteiger partial charge < -0.3 is 5.11 Å². The zero-order chi connectivity index (χ0) is 15.9. The number of unbranched alkanes of at least 4 members (excludes halogenated alkanes) is 1. The Balaban J connectivity index is 2.00. The Morgan fingerprint density at radius 2 is 2.23 bits per heavy atom. The molecule has 2 rings (SSSR count). The van der Waals surface area contributed by atoms with Crippen molar-refractivity contribution >= 4 is 17.3 Å². The topological polar surface area (TPSA) is 62.2 Å². The van der Waals surface area contributed by atoms with E-state index in [4.69, 9.17) is 0 Å². The van der Waals surface area contributed by atoms with Gasteiger partial charge >= 0.3 is 5.97 Å². The van der Waals surface area contributed by atoms with Gasteiger partial charge in [0.2, 0.25) is 0 Å². The molecule has 0 aliphatic rings. The zero-order valence-corrected chi connectivity index (χ0v) is 13.2. The molecule has 2 aromatic rings. The molecule has 0 bridgehead atoms. The molecule has 0 radical (unpaired) electrons. The Morgan fingerprint density at radius 1 is 1.45 bits per heavy atom. The first-order chi connectivity index (χ1) is 10.6. The van der Waals surface area contributed by atoms with Crippen LogP contribution >= 0.6 is 11.3 Å². The maximum atomic E-state index is 13.7. The molecule has 0 fully saturated rings. The summed E-state index contributed by atoms with van der Waals surface area (Å²) in [5, 5.41) is 12.8. The van der Waals surface area contributed by atoms with Gasteiger partial charge in [-0.15, -0.1) is 11.3 Å². The Kier molecular flexibility index (Phi) is 6.03. The number of halogens is 1. The van der Waals surface area contributed by atoms with E-state index in [0.717, 1.165) is 17.7 Å². The summed E-state index contributed by atoms with van der Waals surface area (Å²) in [5.74, 6) is -1.14. The molecule has 0 amide bonds. The number of hydrogen-bond donors (Lipinski definition) is 2. The summed E-state index contributed by atoms with van der Waals surface area (Å²) < 4.78 is 13.7. The fraction of sp³-hybridized carbons (Fsp3) is 0.375. The standard InChI is InChI=1S/C16H19FN2O2S/c1-2-3-8-14(16(20)21)18-9-11-10-19-15(22-11)12-6-4-5-7-13(12)17/h4-7,10,14,18H,2-3,8-9H2,1H3,(H,20,21). The lowest BCUT2D eigenvalue weighted by Crippen LogP contribution is -2.35. The maximum Gasteiger partial charge on any atom is 0.320 e. The lowest BCUT2D eigenvalue weighted by Gasteiger charge is -2.12. The summed E-state index contributed by atoms with van der Waals surface area (Å²) in [5.41, 5.74) is 0.472. The molecule has 22 heavy (non-hydrogen) atoms. The second-order valence-electron chi connectivity index (χ2n) is 5.03. The van der Waals surface area contributed by atoms with Gasteiger partial charge in [0.05, 0.1) is 0 Å². The van der Waals surface area contributed by atoms with Crippen LogP contribution in [0.5, 0.6) is 0 Å². The van der Waals surface area contributed by atoms with Crippen LogP contribution in [0.3, 0.4) is 0 Å². The molecule has 1 heterocycles. The van der Waals surface area contributed by atoms with Gasteiger partial charge in [0.15, 0.2) is 0 Å². The van der Waals surface area contributed by atoms with Gasteiger partial charge in [0.25, 0.3) is 0 Å². The number of carboxylic acid groups (broad SMARTS) is 1. The van der Waals surface area contributed by atoms with Crippen molar-refractivity contribution in [2.24, 2.45) is 0 Å². The van der Waals surface area contributed by atoms with Gasteiger partial charge in [-0.3, -0.25) is 10.1 Å². The minimum absolute atomic E-state index is 0.303. The summed E-state index contributed by atoms with van der Waals surface area (Å²) in [6.07, 6.45) is 4.10. The summed E-state index contributed by atoms with van der Waals surface area (Å²) in [4.78, 5) is 16.3. The monoisotopic (exact) mass is 322 g/mol. The highest BCUT2D eigenvalue weighted by Crippen LogP contribution is 2.27. The van der Waals surface area contributed by atoms with Crippen molar-refractivity contribution in [2.45, 2.75) is 38.8 Å². The Labute approximate surface area is 133 Å². The van der Waals surface area contributed by atoms with Crippen LogP contribution in [0.1, 0.15) is 31.1 Å². The molecule has 1 aromatic carbocycles. The predicted molar refractivity (Wildman–Crippen MR) is 85.3 cm³/mol. The summed E-state index contributed by atoms with van der Waals surface area (Å²) in [6.45, 7) is 2.45. The molecular weight excluding hydrogens is 303 g/mol. The fourth-order valence-electron chi connectivity index (χ4n) is 2.09. The number of nitrogens with zero attached hydrogens (tertiary/aromatic N) is 1. The first-order valence-corrected chi connectivity index (χ1v) is 8.09. The molecule has 1 unspecified atom stereocenters. The smallest absolute Gasteiger partial charge is 0.320 e. The molecule has 0 aliphatic heterocycles. The second-order valence-corrected chi connectivity index (χ2v) is 6.14. The molecule has 0 spiro atoms. The van der Waals surface area contributed by atoms with Gasteiger partial charge in [0, 0.05) is 23.2 Å². The van der Waals surface area contributed by atoms with Gasteiger partial charge in [0.1, 0.15) is 16.9 Å². The van der Waals surface area contributed by atoms with E-state index in [0.29, 0.717) is 23.5 Å². The molecule has 0 saturated carbocycles. The number of aliphatic carboxylic acids is 1. The van der Waals surface area contributed by atoms with E-state index in [-0.39, 0.29) is 5.82 Å². The van der Waals surface area contributed by atoms with Crippen LogP contribution in [0.2, 0.25) is 0 Å². The Morgan fingerprint density at radius 3 is 2.91 bits per heavy atom. The number of benzene rings is 1. The average Bonchev–Trinajstić information content (AvgIpc) is 2.96. The normalized spacial score (nSPS) is 12.3. The summed E-state index contributed by atoms with van der Waals surface area (Å²) in [6, 6.07) is 5.94. The van der Waals surface area contributed by atoms with Crippen LogP contribution in [0, 0.1) is 5.82 Å². The van der Waals surface area contributed by atoms with Crippen LogP contribution in [-0.4, -0.2) is 22.1 Å². The average molecular weight is 322 g/mol. The second kappa shape index (κ2) is 8.00. The number of nitrogens with one attached hydrogen (secondary N) is 1. The molecule has 1 aromatic heterocycles. The first-order valence-electron chi connectivity index (χ1n) is 7.27. The molecule has 2 N–H and O–H groups in total. The number of aromatic nitrogens is 1. The van der Waals surface area contributed by atoms with E-state index < -0.39 is 12.0 Å². The molecule has 1 atom stereocenters. The minimum atomic E-state index is -0.840. The lowest BCUT2D eigenvalue weighted by atomic mass is 10.1. The number of thiazole rings is 1. The third kappa shape index (κ3) is 4.35. The van der Waals surface area contributed by atoms with E-state index in [1.165, 1.54) is 17.4 Å². The molecule has 6 heteroatoms. The maximum absolute atomic E-state index is 13.7. The quantitative estimate of drug-likeness (QED) is 0.778. The molecule has 118 valence electrons. The molecule has 0 saturated heterocycles. The van der Waals surface area contributed by atoms with Crippen LogP contribution in [0.15, 0.2) is 30.5 Å². The van der Waals surface area contributed by atoms with Gasteiger partial charge in [-0.05, 0) is 18.6 Å². The van der Waals surface area contributed by atoms with Crippen molar-refractivity contribution in [3.05, 3.63) is 41.2 Å². The third-order valence-electron chi connectivity index (χ3n) is 3.32. The molecular formula is C16H19FN2O2S. The molecule has 0 aliphatic carbocycles. The van der Waals surface area contributed by atoms with Crippen molar-refractivity contribution in [1.29, 1.82) is 0 Å². The van der Waals surface area contributed by atoms with Gasteiger partial charge in [-0.1, -0.05) is 31.9 Å². The number of hydrogen-bond acceptors (Lipinski definition) is 4. The third-order valence-corrected chi connectivity index (χ3v) is 4.36. The summed E-state index contributed by atoms with van der Waals surface area (Å²) in [7, 11) is 0. The van der Waals surface area contributed by atoms with Crippen LogP contribution in [0.25, 0.3) is 10.6 Å². The SMILES string of the molecule is CCCCC(NCc1cnc(-c2ccccc2F)s1)C(=O)O. The summed E-state index contributed by atoms with van der Waals surface area (Å²) >= 11 is 1.37. The van der Waals surface area contributed by atoms with Crippen LogP contribution < -0.4 is 5.32 Å². The first kappa shape index (κ1) is 16.6. The van der Waals surface area contributed by atoms with Crippen LogP contribution in [0.4, 0.5) is 4.39 Å². The number of carboxylic acids is 1. The van der Waals surface area contributed by atoms with E-state index >= 15 is 0 Å². The lowest BCUT2D eigenvalue weighted by molar-refractivity contribution is -0.139. The van der Waals surface area contributed by atoms with Crippen LogP contribution in [-0.2, 0) is 11.3 Å². The highest BCUT2D eigenvalue weighted by Gasteiger charge is 2.16. The Hall–Kier alpha value is -1.79. The number of carbonyl (C=O) groups is 1. The van der Waals surface area contributed by atoms with Gasteiger partial charge in [-0.2, -0.15) is 0 Å². The highest BCUT2D eigenvalue weighted by molar-refractivity contribution is 7.15. The Bertz CT molecular complexity index is 630. The van der Waals surface area contributed by atoms with E-state index in [2.05, 4.69) is 10.3 Å². The highest BCUT2D eigenvalue weighted by atomic mass is 32.1. The van der Waals surface area contributed by atoms with E-state index in [1.807, 2.05) is 6.92 Å². The largest absolute Gasteiger partial charge is 0.480 e. The number of rotatable bonds is 8. The fourth-order valence-corrected chi connectivity index (χ4v) is 2.98. The van der Waals surface area contributed by atoms with Gasteiger partial charge in [-0.25, -0.2) is 9.37 Å². The van der Waals surface area contributed by atoms with E-state index in [1.54, 1.807) is 24.4 Å². The minimum Gasteiger partial charge on any atom is -0.480 e. The predicted octanol–water partition coefficient (Wildman–Crippen LogP) is 3.68. The van der Waals surface area contributed by atoms with Crippen molar-refractivity contribution in [2.75, 3.05) is 0 Å². The van der Waals surface area contributed by atoms with Crippen molar-refractivity contribution < 1.29 is 14.3 Å². The van der Waals surface area contributed by atoms with Crippen molar-refractivity contribution in [3.8, 4) is 10.6 Å². The zero-order valence-electron chi connectivity index (χ0n) is 12.4. The van der Waals surface area contributed by atoms with Crippen molar-refractivity contribution in [3.63, 3.8) is 0 Å². The van der Waals surface area contributed by atoms with E-state index in [9.17, 15) is 14.3 Å². The molecule has 4 nitrogen and oxygen atoms in total. The van der Waals surface area contributed by atoms with Crippen molar-refractivity contribution in [1.82, 2.24) is 10.3 Å².